The largest absolute Gasteiger partial charge is 0.344 e. The lowest BCUT2D eigenvalue weighted by Crippen LogP contribution is -2.17. The molecule has 0 aromatic heterocycles. The van der Waals surface area contributed by atoms with E-state index in [1.165, 1.54) is 22.5 Å². The molecule has 2 nitrogen and oxygen atoms in total. The maximum absolute atomic E-state index is 3.40. The van der Waals surface area contributed by atoms with Crippen molar-refractivity contribution in [2.24, 2.45) is 0 Å². The minimum atomic E-state index is 0.906. The van der Waals surface area contributed by atoms with Gasteiger partial charge in [-0.05, 0) is 42.8 Å². The molecule has 0 saturated heterocycles. The van der Waals surface area contributed by atoms with Gasteiger partial charge in [0.15, 0.2) is 0 Å². The smallest absolute Gasteiger partial charge is 0.0453 e. The summed E-state index contributed by atoms with van der Waals surface area (Å²) >= 11 is 0. The minimum absolute atomic E-state index is 0.906. The van der Waals surface area contributed by atoms with Crippen molar-refractivity contribution in [3.63, 3.8) is 0 Å². The molecule has 0 heterocycles. The highest BCUT2D eigenvalue weighted by molar-refractivity contribution is 5.66. The molecule has 0 aliphatic rings. The van der Waals surface area contributed by atoms with E-state index < -0.39 is 0 Å². The van der Waals surface area contributed by atoms with Gasteiger partial charge in [-0.3, -0.25) is 0 Å². The lowest BCUT2D eigenvalue weighted by Gasteiger charge is -2.23. The Labute approximate surface area is 116 Å². The van der Waals surface area contributed by atoms with E-state index in [0.717, 1.165) is 13.1 Å². The minimum Gasteiger partial charge on any atom is -0.344 e. The molecule has 2 rings (SSSR count). The fourth-order valence-corrected chi connectivity index (χ4v) is 2.22. The number of nitrogens with one attached hydrogen (secondary N) is 1. The first-order chi connectivity index (χ1) is 9.22. The maximum Gasteiger partial charge on any atom is 0.0453 e. The topological polar surface area (TPSA) is 15.3 Å². The van der Waals surface area contributed by atoms with Crippen LogP contribution in [0.3, 0.4) is 0 Å². The number of hydrogen-bond donors (Lipinski definition) is 1. The quantitative estimate of drug-likeness (QED) is 0.871. The van der Waals surface area contributed by atoms with E-state index in [0.29, 0.717) is 0 Å². The van der Waals surface area contributed by atoms with E-state index >= 15 is 0 Å². The van der Waals surface area contributed by atoms with Crippen LogP contribution in [-0.4, -0.2) is 13.6 Å². The van der Waals surface area contributed by atoms with Crippen molar-refractivity contribution in [3.8, 4) is 0 Å². The molecule has 0 aliphatic heterocycles. The van der Waals surface area contributed by atoms with Crippen LogP contribution in [0.5, 0.6) is 0 Å². The number of nitrogens with zero attached hydrogens (tertiary/aromatic N) is 1. The van der Waals surface area contributed by atoms with E-state index in [4.69, 9.17) is 0 Å². The number of hydrogen-bond acceptors (Lipinski definition) is 2. The number of aryl methyl sites for hydroxylation is 1. The second-order valence-electron chi connectivity index (χ2n) is 4.81. The number of para-hydroxylation sites is 1. The fraction of sp³-hybridized carbons (Fsp3) is 0.294. The summed E-state index contributed by atoms with van der Waals surface area (Å²) in [6, 6.07) is 17.1. The summed E-state index contributed by atoms with van der Waals surface area (Å²) in [5, 5.41) is 3.40. The molecular formula is C17H22N2. The van der Waals surface area contributed by atoms with Gasteiger partial charge >= 0.3 is 0 Å². The Morgan fingerprint density at radius 1 is 1.05 bits per heavy atom. The first kappa shape index (κ1) is 13.6. The molecule has 0 amide bonds. The predicted octanol–water partition coefficient (Wildman–Crippen LogP) is 3.87. The molecule has 2 aromatic rings. The Morgan fingerprint density at radius 3 is 2.58 bits per heavy atom. The molecule has 0 fully saturated rings. The summed E-state index contributed by atoms with van der Waals surface area (Å²) in [5.41, 5.74) is 5.10. The van der Waals surface area contributed by atoms with E-state index in [1.54, 1.807) is 0 Å². The second kappa shape index (κ2) is 6.39. The molecule has 1 N–H and O–H groups in total. The van der Waals surface area contributed by atoms with E-state index in [2.05, 4.69) is 79.6 Å². The SMILES string of the molecule is CCNCc1ccccc1N(C)c1cccc(C)c1. The Morgan fingerprint density at radius 2 is 1.84 bits per heavy atom. The third-order valence-electron chi connectivity index (χ3n) is 3.31. The van der Waals surface area contributed by atoms with Gasteiger partial charge in [-0.1, -0.05) is 37.3 Å². The Kier molecular flexibility index (Phi) is 4.58. The molecule has 0 saturated carbocycles. The van der Waals surface area contributed by atoms with Gasteiger partial charge in [-0.15, -0.1) is 0 Å². The second-order valence-corrected chi connectivity index (χ2v) is 4.81. The van der Waals surface area contributed by atoms with Crippen LogP contribution in [0.15, 0.2) is 48.5 Å². The molecular weight excluding hydrogens is 232 g/mol. The van der Waals surface area contributed by atoms with Crippen molar-refractivity contribution in [1.29, 1.82) is 0 Å². The van der Waals surface area contributed by atoms with Crippen LogP contribution < -0.4 is 10.2 Å². The van der Waals surface area contributed by atoms with Gasteiger partial charge < -0.3 is 10.2 Å². The lowest BCUT2D eigenvalue weighted by molar-refractivity contribution is 0.726. The van der Waals surface area contributed by atoms with Gasteiger partial charge in [0.05, 0.1) is 0 Å². The van der Waals surface area contributed by atoms with Gasteiger partial charge in [0, 0.05) is 25.0 Å². The van der Waals surface area contributed by atoms with E-state index in [1.807, 2.05) is 0 Å². The highest BCUT2D eigenvalue weighted by Crippen LogP contribution is 2.27. The molecule has 0 unspecified atom stereocenters. The first-order valence-electron chi connectivity index (χ1n) is 6.81. The summed E-state index contributed by atoms with van der Waals surface area (Å²) in [5.74, 6) is 0. The average Bonchev–Trinajstić information content (AvgIpc) is 2.44. The average molecular weight is 254 g/mol. The number of benzene rings is 2. The molecule has 0 aliphatic carbocycles. The van der Waals surface area contributed by atoms with Crippen LogP contribution in [0.1, 0.15) is 18.1 Å². The van der Waals surface area contributed by atoms with Crippen LogP contribution >= 0.6 is 0 Å². The summed E-state index contributed by atoms with van der Waals surface area (Å²) in [7, 11) is 2.12. The molecule has 100 valence electrons. The molecule has 2 aromatic carbocycles. The third kappa shape index (κ3) is 3.36. The number of anilines is 2. The molecule has 0 radical (unpaired) electrons. The van der Waals surface area contributed by atoms with E-state index in [-0.39, 0.29) is 0 Å². The molecule has 0 bridgehead atoms. The highest BCUT2D eigenvalue weighted by Gasteiger charge is 2.08. The van der Waals surface area contributed by atoms with Crippen molar-refractivity contribution in [3.05, 3.63) is 59.7 Å². The third-order valence-corrected chi connectivity index (χ3v) is 3.31. The zero-order chi connectivity index (χ0) is 13.7. The summed E-state index contributed by atoms with van der Waals surface area (Å²) in [6.07, 6.45) is 0. The monoisotopic (exact) mass is 254 g/mol. The van der Waals surface area contributed by atoms with Crippen LogP contribution in [0, 0.1) is 6.92 Å². The predicted molar refractivity (Wildman–Crippen MR) is 83.1 cm³/mol. The zero-order valence-corrected chi connectivity index (χ0v) is 12.0. The van der Waals surface area contributed by atoms with Crippen molar-refractivity contribution >= 4 is 11.4 Å². The standard InChI is InChI=1S/C17H22N2/c1-4-18-13-15-9-5-6-11-17(15)19(3)16-10-7-8-14(2)12-16/h5-12,18H,4,13H2,1-3H3. The highest BCUT2D eigenvalue weighted by atomic mass is 15.1. The Bertz CT molecular complexity index is 534. The molecule has 0 spiro atoms. The molecule has 19 heavy (non-hydrogen) atoms. The van der Waals surface area contributed by atoms with Crippen molar-refractivity contribution < 1.29 is 0 Å². The van der Waals surface area contributed by atoms with Crippen LogP contribution in [0.2, 0.25) is 0 Å². The van der Waals surface area contributed by atoms with Gasteiger partial charge in [0.25, 0.3) is 0 Å². The maximum atomic E-state index is 3.40. The first-order valence-corrected chi connectivity index (χ1v) is 6.81. The molecule has 2 heteroatoms. The van der Waals surface area contributed by atoms with Crippen LogP contribution in [0.25, 0.3) is 0 Å². The van der Waals surface area contributed by atoms with Gasteiger partial charge in [-0.25, -0.2) is 0 Å². The Balaban J connectivity index is 2.30. The Hall–Kier alpha value is -1.80. The fourth-order valence-electron chi connectivity index (χ4n) is 2.22. The lowest BCUT2D eigenvalue weighted by atomic mass is 10.1. The van der Waals surface area contributed by atoms with Crippen LogP contribution in [0.4, 0.5) is 11.4 Å². The van der Waals surface area contributed by atoms with Gasteiger partial charge in [0.2, 0.25) is 0 Å². The van der Waals surface area contributed by atoms with Gasteiger partial charge in [-0.2, -0.15) is 0 Å². The normalized spacial score (nSPS) is 10.5. The summed E-state index contributed by atoms with van der Waals surface area (Å²) < 4.78 is 0. The number of rotatable bonds is 5. The van der Waals surface area contributed by atoms with Crippen molar-refractivity contribution in [2.45, 2.75) is 20.4 Å². The summed E-state index contributed by atoms with van der Waals surface area (Å²) in [6.45, 7) is 6.15. The van der Waals surface area contributed by atoms with Crippen molar-refractivity contribution in [2.75, 3.05) is 18.5 Å². The van der Waals surface area contributed by atoms with Crippen molar-refractivity contribution in [1.82, 2.24) is 5.32 Å². The zero-order valence-electron chi connectivity index (χ0n) is 12.0. The van der Waals surface area contributed by atoms with Crippen LogP contribution in [-0.2, 0) is 6.54 Å². The van der Waals surface area contributed by atoms with Gasteiger partial charge in [0.1, 0.15) is 0 Å². The summed E-state index contributed by atoms with van der Waals surface area (Å²) in [4.78, 5) is 2.25. The van der Waals surface area contributed by atoms with E-state index in [9.17, 15) is 0 Å². The molecule has 0 atom stereocenters.